The number of carbonyl (C=O) groups is 2. The molecule has 1 fully saturated rings. The zero-order chi connectivity index (χ0) is 20.1. The first-order chi connectivity index (χ1) is 14.2. The van der Waals surface area contributed by atoms with E-state index < -0.39 is 0 Å². The second-order valence-corrected chi connectivity index (χ2v) is 6.76. The van der Waals surface area contributed by atoms with Crippen LogP contribution in [0.15, 0.2) is 61.2 Å². The van der Waals surface area contributed by atoms with Gasteiger partial charge in [0, 0.05) is 24.4 Å². The number of carbonyl (C=O) groups excluding carboxylic acids is 2. The molecule has 0 saturated carbocycles. The highest BCUT2D eigenvalue weighted by atomic mass is 16.5. The lowest BCUT2D eigenvalue weighted by atomic mass is 10.1. The zero-order valence-corrected chi connectivity index (χ0v) is 15.7. The molecule has 0 radical (unpaired) electrons. The SMILES string of the molecule is O=C(NCc1cccc(NC(=O)C2CCCO2)c1)c1ccc(-n2cncn2)cc1. The number of rotatable bonds is 6. The van der Waals surface area contributed by atoms with Gasteiger partial charge in [-0.05, 0) is 54.8 Å². The highest BCUT2D eigenvalue weighted by molar-refractivity contribution is 5.95. The van der Waals surface area contributed by atoms with Gasteiger partial charge in [0.15, 0.2) is 0 Å². The number of anilines is 1. The Labute approximate surface area is 167 Å². The van der Waals surface area contributed by atoms with Crippen LogP contribution in [0.5, 0.6) is 0 Å². The normalized spacial score (nSPS) is 15.8. The van der Waals surface area contributed by atoms with E-state index in [1.165, 1.54) is 6.33 Å². The van der Waals surface area contributed by atoms with Gasteiger partial charge in [-0.25, -0.2) is 9.67 Å². The highest BCUT2D eigenvalue weighted by Crippen LogP contribution is 2.16. The molecule has 0 aliphatic carbocycles. The van der Waals surface area contributed by atoms with Gasteiger partial charge in [0.1, 0.15) is 18.8 Å². The third kappa shape index (κ3) is 4.67. The maximum Gasteiger partial charge on any atom is 0.253 e. The second-order valence-electron chi connectivity index (χ2n) is 6.76. The van der Waals surface area contributed by atoms with Crippen LogP contribution < -0.4 is 10.6 Å². The molecule has 1 aliphatic heterocycles. The Bertz CT molecular complexity index is 980. The number of amides is 2. The van der Waals surface area contributed by atoms with Crippen LogP contribution in [0, 0.1) is 0 Å². The molecule has 1 atom stereocenters. The van der Waals surface area contributed by atoms with E-state index in [2.05, 4.69) is 20.7 Å². The van der Waals surface area contributed by atoms with Crippen molar-refractivity contribution in [2.24, 2.45) is 0 Å². The molecule has 4 rings (SSSR count). The molecule has 8 nitrogen and oxygen atoms in total. The van der Waals surface area contributed by atoms with E-state index in [9.17, 15) is 9.59 Å². The Balaban J connectivity index is 1.33. The average molecular weight is 391 g/mol. The average Bonchev–Trinajstić information content (AvgIpc) is 3.47. The zero-order valence-electron chi connectivity index (χ0n) is 15.7. The summed E-state index contributed by atoms with van der Waals surface area (Å²) in [6, 6.07) is 14.5. The molecular formula is C21H21N5O3. The van der Waals surface area contributed by atoms with Gasteiger partial charge in [-0.3, -0.25) is 9.59 Å². The van der Waals surface area contributed by atoms with Crippen molar-refractivity contribution < 1.29 is 14.3 Å². The lowest BCUT2D eigenvalue weighted by Crippen LogP contribution is -2.27. The van der Waals surface area contributed by atoms with E-state index in [1.807, 2.05) is 36.4 Å². The van der Waals surface area contributed by atoms with Crippen LogP contribution in [-0.2, 0) is 16.1 Å². The standard InChI is InChI=1S/C21H21N5O3/c27-20(16-6-8-18(9-7-16)26-14-22-13-24-26)23-12-15-3-1-4-17(11-15)25-21(28)19-5-2-10-29-19/h1,3-4,6-9,11,13-14,19H,2,5,10,12H2,(H,23,27)(H,25,28). The Morgan fingerprint density at radius 2 is 2.03 bits per heavy atom. The van der Waals surface area contributed by atoms with Crippen molar-refractivity contribution in [3.05, 3.63) is 72.3 Å². The molecule has 2 heterocycles. The van der Waals surface area contributed by atoms with Gasteiger partial charge in [-0.1, -0.05) is 12.1 Å². The summed E-state index contributed by atoms with van der Waals surface area (Å²) in [5, 5.41) is 9.83. The molecule has 0 bridgehead atoms. The lowest BCUT2D eigenvalue weighted by molar-refractivity contribution is -0.124. The van der Waals surface area contributed by atoms with E-state index >= 15 is 0 Å². The number of nitrogens with zero attached hydrogens (tertiary/aromatic N) is 3. The first-order valence-electron chi connectivity index (χ1n) is 9.44. The molecule has 148 valence electrons. The van der Waals surface area contributed by atoms with E-state index in [0.717, 1.165) is 24.1 Å². The largest absolute Gasteiger partial charge is 0.368 e. The van der Waals surface area contributed by atoms with Gasteiger partial charge >= 0.3 is 0 Å². The topological polar surface area (TPSA) is 98.1 Å². The number of ether oxygens (including phenoxy) is 1. The number of benzene rings is 2. The highest BCUT2D eigenvalue weighted by Gasteiger charge is 2.23. The van der Waals surface area contributed by atoms with Crippen LogP contribution in [-0.4, -0.2) is 39.3 Å². The predicted octanol–water partition coefficient (Wildman–Crippen LogP) is 2.31. The fraction of sp³-hybridized carbons (Fsp3) is 0.238. The van der Waals surface area contributed by atoms with Gasteiger partial charge in [0.2, 0.25) is 0 Å². The third-order valence-electron chi connectivity index (χ3n) is 4.68. The maximum atomic E-state index is 12.4. The van der Waals surface area contributed by atoms with E-state index in [1.54, 1.807) is 23.1 Å². The Kier molecular flexibility index (Phi) is 5.62. The first-order valence-corrected chi connectivity index (χ1v) is 9.44. The fourth-order valence-electron chi connectivity index (χ4n) is 3.16. The summed E-state index contributed by atoms with van der Waals surface area (Å²) in [5.41, 5.74) is 2.96. The van der Waals surface area contributed by atoms with Crippen molar-refractivity contribution in [2.75, 3.05) is 11.9 Å². The van der Waals surface area contributed by atoms with Gasteiger partial charge in [0.25, 0.3) is 11.8 Å². The van der Waals surface area contributed by atoms with Gasteiger partial charge in [-0.2, -0.15) is 5.10 Å². The minimum absolute atomic E-state index is 0.129. The minimum atomic E-state index is -0.376. The molecule has 1 aliphatic rings. The third-order valence-corrected chi connectivity index (χ3v) is 4.68. The summed E-state index contributed by atoms with van der Waals surface area (Å²) >= 11 is 0. The monoisotopic (exact) mass is 391 g/mol. The molecular weight excluding hydrogens is 370 g/mol. The molecule has 8 heteroatoms. The fourth-order valence-corrected chi connectivity index (χ4v) is 3.16. The summed E-state index contributed by atoms with van der Waals surface area (Å²) in [5.74, 6) is -0.305. The maximum absolute atomic E-state index is 12.4. The Morgan fingerprint density at radius 1 is 1.17 bits per heavy atom. The summed E-state index contributed by atoms with van der Waals surface area (Å²) in [6.45, 7) is 0.983. The van der Waals surface area contributed by atoms with E-state index in [4.69, 9.17) is 4.74 Å². The summed E-state index contributed by atoms with van der Waals surface area (Å²) < 4.78 is 7.02. The quantitative estimate of drug-likeness (QED) is 0.672. The molecule has 2 aromatic carbocycles. The van der Waals surface area contributed by atoms with Crippen LogP contribution >= 0.6 is 0 Å². The second kappa shape index (κ2) is 8.66. The van der Waals surface area contributed by atoms with Gasteiger partial charge < -0.3 is 15.4 Å². The molecule has 3 aromatic rings. The van der Waals surface area contributed by atoms with Crippen molar-refractivity contribution in [3.8, 4) is 5.69 Å². The summed E-state index contributed by atoms with van der Waals surface area (Å²) in [7, 11) is 0. The molecule has 2 amide bonds. The van der Waals surface area contributed by atoms with Gasteiger partial charge in [-0.15, -0.1) is 0 Å². The Morgan fingerprint density at radius 3 is 2.76 bits per heavy atom. The number of hydrogen-bond acceptors (Lipinski definition) is 5. The number of aromatic nitrogens is 3. The van der Waals surface area contributed by atoms with Crippen molar-refractivity contribution in [1.82, 2.24) is 20.1 Å². The number of hydrogen-bond donors (Lipinski definition) is 2. The van der Waals surface area contributed by atoms with Crippen molar-refractivity contribution >= 4 is 17.5 Å². The number of nitrogens with one attached hydrogen (secondary N) is 2. The van der Waals surface area contributed by atoms with Crippen LogP contribution in [0.25, 0.3) is 5.69 Å². The lowest BCUT2D eigenvalue weighted by Gasteiger charge is -2.12. The van der Waals surface area contributed by atoms with Crippen molar-refractivity contribution in [1.29, 1.82) is 0 Å². The molecule has 1 unspecified atom stereocenters. The smallest absolute Gasteiger partial charge is 0.253 e. The van der Waals surface area contributed by atoms with Crippen LogP contribution in [0.2, 0.25) is 0 Å². The molecule has 0 spiro atoms. The molecule has 2 N–H and O–H groups in total. The summed E-state index contributed by atoms with van der Waals surface area (Å²) in [6.07, 6.45) is 4.33. The molecule has 1 saturated heterocycles. The van der Waals surface area contributed by atoms with E-state index in [0.29, 0.717) is 24.4 Å². The predicted molar refractivity (Wildman–Crippen MR) is 107 cm³/mol. The van der Waals surface area contributed by atoms with Crippen LogP contribution in [0.1, 0.15) is 28.8 Å². The van der Waals surface area contributed by atoms with Gasteiger partial charge in [0.05, 0.1) is 5.69 Å². The minimum Gasteiger partial charge on any atom is -0.368 e. The Hall–Kier alpha value is -3.52. The van der Waals surface area contributed by atoms with Crippen LogP contribution in [0.4, 0.5) is 5.69 Å². The summed E-state index contributed by atoms with van der Waals surface area (Å²) in [4.78, 5) is 28.5. The van der Waals surface area contributed by atoms with Crippen molar-refractivity contribution in [3.63, 3.8) is 0 Å². The van der Waals surface area contributed by atoms with E-state index in [-0.39, 0.29) is 17.9 Å². The molecule has 29 heavy (non-hydrogen) atoms. The first kappa shape index (κ1) is 18.8. The van der Waals surface area contributed by atoms with Crippen molar-refractivity contribution in [2.45, 2.75) is 25.5 Å². The van der Waals surface area contributed by atoms with Crippen LogP contribution in [0.3, 0.4) is 0 Å². The molecule has 1 aromatic heterocycles.